The van der Waals surface area contributed by atoms with E-state index in [4.69, 9.17) is 11.5 Å². The molecule has 0 bridgehead atoms. The number of phenolic OH excluding ortho intramolecular Hbond substituents is 2. The number of nitrogens with two attached hydrogens (primary N) is 2. The molecule has 0 saturated carbocycles. The van der Waals surface area contributed by atoms with E-state index < -0.39 is 0 Å². The molecule has 6 N–H and O–H groups in total. The smallest absolute Gasteiger partial charge is 0.122 e. The summed E-state index contributed by atoms with van der Waals surface area (Å²) in [6, 6.07) is 13.6. The Morgan fingerprint density at radius 3 is 1.38 bits per heavy atom. The maximum absolute atomic E-state index is 9.67. The topological polar surface area (TPSA) is 92.5 Å². The molecule has 0 aliphatic rings. The van der Waals surface area contributed by atoms with Gasteiger partial charge in [-0.15, -0.1) is 0 Å². The molecule has 1 radical (unpaired) electrons. The predicted octanol–water partition coefficient (Wildman–Crippen LogP) is 2.39. The SMILES string of the molecule is NC(=C\c1ccccc1O)/C(N)=C/c1ccccc1O.[Co]. The van der Waals surface area contributed by atoms with E-state index in [-0.39, 0.29) is 28.3 Å². The molecule has 0 heterocycles. The Bertz CT molecular complexity index is 622. The number of hydrogen-bond acceptors (Lipinski definition) is 4. The van der Waals surface area contributed by atoms with Crippen LogP contribution in [0.4, 0.5) is 0 Å². The quantitative estimate of drug-likeness (QED) is 0.651. The number of para-hydroxylation sites is 2. The summed E-state index contributed by atoms with van der Waals surface area (Å²) in [5, 5.41) is 19.3. The minimum absolute atomic E-state index is 0. The van der Waals surface area contributed by atoms with Gasteiger partial charge in [0.15, 0.2) is 0 Å². The second-order valence-electron chi connectivity index (χ2n) is 4.32. The summed E-state index contributed by atoms with van der Waals surface area (Å²) in [5.41, 5.74) is 13.6. The zero-order chi connectivity index (χ0) is 14.5. The summed E-state index contributed by atoms with van der Waals surface area (Å²) in [6.45, 7) is 0. The van der Waals surface area contributed by atoms with Gasteiger partial charge in [-0.25, -0.2) is 0 Å². The maximum Gasteiger partial charge on any atom is 0.122 e. The normalized spacial score (nSPS) is 11.8. The molecule has 0 unspecified atom stereocenters. The zero-order valence-electron chi connectivity index (χ0n) is 11.2. The molecule has 2 rings (SSSR count). The molecule has 111 valence electrons. The van der Waals surface area contributed by atoms with Crippen molar-refractivity contribution >= 4 is 12.2 Å². The van der Waals surface area contributed by atoms with Crippen LogP contribution in [-0.2, 0) is 16.8 Å². The molecular formula is C16H16CoN2O2. The van der Waals surface area contributed by atoms with Crippen LogP contribution in [-0.4, -0.2) is 10.2 Å². The van der Waals surface area contributed by atoms with Crippen molar-refractivity contribution in [2.45, 2.75) is 0 Å². The van der Waals surface area contributed by atoms with Crippen molar-refractivity contribution < 1.29 is 27.0 Å². The monoisotopic (exact) mass is 327 g/mol. The second kappa shape index (κ2) is 7.42. The van der Waals surface area contributed by atoms with E-state index in [0.29, 0.717) is 22.5 Å². The third kappa shape index (κ3) is 4.30. The summed E-state index contributed by atoms with van der Waals surface area (Å²) in [5.74, 6) is 0.261. The molecular weight excluding hydrogens is 311 g/mol. The second-order valence-corrected chi connectivity index (χ2v) is 4.32. The van der Waals surface area contributed by atoms with Crippen LogP contribution >= 0.6 is 0 Å². The van der Waals surface area contributed by atoms with E-state index in [1.54, 1.807) is 60.7 Å². The molecule has 0 aliphatic heterocycles. The first kappa shape index (κ1) is 16.7. The number of aromatic hydroxyl groups is 2. The van der Waals surface area contributed by atoms with Crippen molar-refractivity contribution in [2.75, 3.05) is 0 Å². The van der Waals surface area contributed by atoms with Crippen molar-refractivity contribution in [1.82, 2.24) is 0 Å². The molecule has 2 aromatic rings. The summed E-state index contributed by atoms with van der Waals surface area (Å²) < 4.78 is 0. The van der Waals surface area contributed by atoms with Crippen LogP contribution in [0.3, 0.4) is 0 Å². The first-order chi connectivity index (χ1) is 9.58. The van der Waals surface area contributed by atoms with Gasteiger partial charge in [-0.1, -0.05) is 36.4 Å². The van der Waals surface area contributed by atoms with Gasteiger partial charge in [0.2, 0.25) is 0 Å². The molecule has 5 heteroatoms. The van der Waals surface area contributed by atoms with E-state index in [2.05, 4.69) is 0 Å². The van der Waals surface area contributed by atoms with Crippen molar-refractivity contribution in [3.63, 3.8) is 0 Å². The minimum atomic E-state index is 0. The Morgan fingerprint density at radius 1 is 0.714 bits per heavy atom. The fourth-order valence-electron chi connectivity index (χ4n) is 1.72. The van der Waals surface area contributed by atoms with Crippen LogP contribution in [0.1, 0.15) is 11.1 Å². The van der Waals surface area contributed by atoms with Crippen LogP contribution in [0.2, 0.25) is 0 Å². The van der Waals surface area contributed by atoms with Crippen molar-refractivity contribution in [3.05, 3.63) is 71.1 Å². The van der Waals surface area contributed by atoms with E-state index in [9.17, 15) is 10.2 Å². The average Bonchev–Trinajstić information content (AvgIpc) is 2.43. The fourth-order valence-corrected chi connectivity index (χ4v) is 1.72. The largest absolute Gasteiger partial charge is 0.507 e. The fraction of sp³-hybridized carbons (Fsp3) is 0. The Kier molecular flexibility index (Phi) is 5.89. The number of benzene rings is 2. The Balaban J connectivity index is 0.00000220. The Hall–Kier alpha value is -2.37. The van der Waals surface area contributed by atoms with Gasteiger partial charge in [0.25, 0.3) is 0 Å². The van der Waals surface area contributed by atoms with E-state index in [1.807, 2.05) is 0 Å². The molecule has 0 aliphatic carbocycles. The van der Waals surface area contributed by atoms with E-state index in [0.717, 1.165) is 0 Å². The average molecular weight is 327 g/mol. The molecule has 2 aromatic carbocycles. The van der Waals surface area contributed by atoms with Crippen LogP contribution < -0.4 is 11.5 Å². The number of phenols is 2. The van der Waals surface area contributed by atoms with Gasteiger partial charge in [0.05, 0.1) is 11.4 Å². The molecule has 0 aromatic heterocycles. The zero-order valence-corrected chi connectivity index (χ0v) is 12.2. The van der Waals surface area contributed by atoms with Gasteiger partial charge in [-0.05, 0) is 24.3 Å². The first-order valence-electron chi connectivity index (χ1n) is 6.08. The number of hydrogen-bond donors (Lipinski definition) is 4. The number of rotatable bonds is 3. The summed E-state index contributed by atoms with van der Waals surface area (Å²) in [7, 11) is 0. The van der Waals surface area contributed by atoms with Crippen LogP contribution in [0, 0.1) is 0 Å². The molecule has 0 amide bonds. The van der Waals surface area contributed by atoms with Crippen molar-refractivity contribution in [2.24, 2.45) is 11.5 Å². The van der Waals surface area contributed by atoms with Gasteiger partial charge in [0.1, 0.15) is 11.5 Å². The minimum Gasteiger partial charge on any atom is -0.507 e. The molecule has 0 saturated heterocycles. The third-order valence-corrected chi connectivity index (χ3v) is 2.83. The molecule has 0 atom stereocenters. The molecule has 21 heavy (non-hydrogen) atoms. The van der Waals surface area contributed by atoms with Gasteiger partial charge >= 0.3 is 0 Å². The maximum atomic E-state index is 9.67. The third-order valence-electron chi connectivity index (χ3n) is 2.83. The predicted molar refractivity (Wildman–Crippen MR) is 80.5 cm³/mol. The first-order valence-corrected chi connectivity index (χ1v) is 6.08. The molecule has 0 spiro atoms. The summed E-state index contributed by atoms with van der Waals surface area (Å²) in [4.78, 5) is 0. The van der Waals surface area contributed by atoms with Gasteiger partial charge in [-0.3, -0.25) is 0 Å². The summed E-state index contributed by atoms with van der Waals surface area (Å²) >= 11 is 0. The molecule has 0 fully saturated rings. The van der Waals surface area contributed by atoms with Crippen molar-refractivity contribution in [1.29, 1.82) is 0 Å². The Labute approximate surface area is 133 Å². The van der Waals surface area contributed by atoms with Gasteiger partial charge < -0.3 is 21.7 Å². The Morgan fingerprint density at radius 2 is 1.05 bits per heavy atom. The van der Waals surface area contributed by atoms with Gasteiger partial charge in [-0.2, -0.15) is 0 Å². The van der Waals surface area contributed by atoms with Crippen LogP contribution in [0.15, 0.2) is 59.9 Å². The summed E-state index contributed by atoms with van der Waals surface area (Å²) in [6.07, 6.45) is 3.17. The van der Waals surface area contributed by atoms with E-state index >= 15 is 0 Å². The van der Waals surface area contributed by atoms with Crippen LogP contribution in [0.5, 0.6) is 11.5 Å². The van der Waals surface area contributed by atoms with E-state index in [1.165, 1.54) is 0 Å². The van der Waals surface area contributed by atoms with Gasteiger partial charge in [0, 0.05) is 27.9 Å². The van der Waals surface area contributed by atoms with Crippen molar-refractivity contribution in [3.8, 4) is 11.5 Å². The standard InChI is InChI=1S/C16H16N2O2.Co/c17-13(9-11-5-1-3-7-15(11)19)14(18)10-12-6-2-4-8-16(12)20;/h1-10,19-20H,17-18H2;/b13-9-,14-10-;. The van der Waals surface area contributed by atoms with Crippen LogP contribution in [0.25, 0.3) is 12.2 Å². The molecule has 4 nitrogen and oxygen atoms in total.